The predicted octanol–water partition coefficient (Wildman–Crippen LogP) is 3.22. The number of fused-ring (bicyclic) bond motifs is 1. The highest BCUT2D eigenvalue weighted by atomic mass is 32.2. The summed E-state index contributed by atoms with van der Waals surface area (Å²) < 4.78 is 47.1. The average molecular weight is 474 g/mol. The van der Waals surface area contributed by atoms with Crippen molar-refractivity contribution >= 4 is 15.7 Å². The number of hydrogen-bond acceptors (Lipinski definition) is 7. The third-order valence-corrected chi connectivity index (χ3v) is 7.53. The van der Waals surface area contributed by atoms with E-state index in [4.69, 9.17) is 14.2 Å². The van der Waals surface area contributed by atoms with Gasteiger partial charge in [-0.1, -0.05) is 0 Å². The molecule has 0 radical (unpaired) electrons. The molecular weight excluding hydrogens is 450 g/mol. The Morgan fingerprint density at radius 1 is 0.970 bits per heavy atom. The number of aromatic nitrogens is 1. The van der Waals surface area contributed by atoms with Gasteiger partial charge in [0.1, 0.15) is 0 Å². The lowest BCUT2D eigenvalue weighted by molar-refractivity contribution is -0.384. The van der Waals surface area contributed by atoms with Crippen molar-refractivity contribution in [2.45, 2.75) is 17.5 Å². The van der Waals surface area contributed by atoms with Crippen LogP contribution in [-0.2, 0) is 16.6 Å². The minimum absolute atomic E-state index is 0.0226. The largest absolute Gasteiger partial charge is 0.493 e. The zero-order chi connectivity index (χ0) is 23.8. The van der Waals surface area contributed by atoms with E-state index in [0.717, 1.165) is 5.69 Å². The summed E-state index contributed by atoms with van der Waals surface area (Å²) >= 11 is 0. The monoisotopic (exact) mass is 473 g/mol. The quantitative estimate of drug-likeness (QED) is 0.382. The van der Waals surface area contributed by atoms with E-state index in [1.807, 2.05) is 22.9 Å². The summed E-state index contributed by atoms with van der Waals surface area (Å²) in [5, 5.41) is 11.0. The molecule has 0 aliphatic carbocycles. The van der Waals surface area contributed by atoms with Crippen molar-refractivity contribution in [3.63, 3.8) is 0 Å². The maximum absolute atomic E-state index is 13.7. The van der Waals surface area contributed by atoms with Crippen molar-refractivity contribution in [1.82, 2.24) is 8.87 Å². The fourth-order valence-corrected chi connectivity index (χ4v) is 5.67. The molecule has 4 rings (SSSR count). The highest BCUT2D eigenvalue weighted by Crippen LogP contribution is 2.44. The lowest BCUT2D eigenvalue weighted by Gasteiger charge is -2.36. The maximum Gasteiger partial charge on any atom is 0.269 e. The summed E-state index contributed by atoms with van der Waals surface area (Å²) in [5.41, 5.74) is 1.23. The third kappa shape index (κ3) is 3.89. The third-order valence-electron chi connectivity index (χ3n) is 5.65. The molecule has 33 heavy (non-hydrogen) atoms. The van der Waals surface area contributed by atoms with Crippen molar-refractivity contribution in [1.29, 1.82) is 0 Å². The van der Waals surface area contributed by atoms with Gasteiger partial charge >= 0.3 is 0 Å². The van der Waals surface area contributed by atoms with E-state index in [0.29, 0.717) is 29.4 Å². The average Bonchev–Trinajstić information content (AvgIpc) is 3.31. The smallest absolute Gasteiger partial charge is 0.269 e. The van der Waals surface area contributed by atoms with Crippen molar-refractivity contribution in [3.05, 3.63) is 76.1 Å². The van der Waals surface area contributed by atoms with Crippen LogP contribution in [0.3, 0.4) is 0 Å². The molecule has 0 spiro atoms. The Hall–Kier alpha value is -3.57. The highest BCUT2D eigenvalue weighted by molar-refractivity contribution is 7.89. The highest BCUT2D eigenvalue weighted by Gasteiger charge is 2.38. The van der Waals surface area contributed by atoms with Gasteiger partial charge in [-0.3, -0.25) is 10.1 Å². The lowest BCUT2D eigenvalue weighted by Crippen LogP contribution is -2.42. The number of methoxy groups -OCH3 is 3. The summed E-state index contributed by atoms with van der Waals surface area (Å²) in [6, 6.07) is 11.4. The number of rotatable bonds is 7. The van der Waals surface area contributed by atoms with E-state index in [9.17, 15) is 18.5 Å². The van der Waals surface area contributed by atoms with Gasteiger partial charge in [0, 0.05) is 37.1 Å². The van der Waals surface area contributed by atoms with Gasteiger partial charge < -0.3 is 18.8 Å². The first-order chi connectivity index (χ1) is 15.8. The molecule has 3 aromatic rings. The van der Waals surface area contributed by atoms with Gasteiger partial charge in [-0.05, 0) is 42.0 Å². The van der Waals surface area contributed by atoms with E-state index in [-0.39, 0.29) is 17.1 Å². The molecule has 1 aliphatic heterocycles. The number of ether oxygens (including phenoxy) is 3. The molecule has 0 unspecified atom stereocenters. The summed E-state index contributed by atoms with van der Waals surface area (Å²) in [7, 11) is 0.497. The minimum atomic E-state index is -3.99. The van der Waals surface area contributed by atoms with Gasteiger partial charge in [-0.15, -0.1) is 0 Å². The molecule has 1 aliphatic rings. The van der Waals surface area contributed by atoms with Gasteiger partial charge in [0.15, 0.2) is 11.5 Å². The Morgan fingerprint density at radius 2 is 1.61 bits per heavy atom. The van der Waals surface area contributed by atoms with Crippen LogP contribution in [0, 0.1) is 10.1 Å². The molecule has 2 aromatic carbocycles. The fourth-order valence-electron chi connectivity index (χ4n) is 4.09. The van der Waals surface area contributed by atoms with Gasteiger partial charge in [0.2, 0.25) is 15.8 Å². The second kappa shape index (κ2) is 8.75. The van der Waals surface area contributed by atoms with Crippen molar-refractivity contribution < 1.29 is 27.6 Å². The normalized spacial score (nSPS) is 16.2. The van der Waals surface area contributed by atoms with E-state index in [2.05, 4.69) is 0 Å². The number of non-ortho nitro benzene ring substituents is 1. The molecule has 0 amide bonds. The Kier molecular flexibility index (Phi) is 6.00. The van der Waals surface area contributed by atoms with E-state index >= 15 is 0 Å². The Balaban J connectivity index is 1.86. The lowest BCUT2D eigenvalue weighted by atomic mass is 10.0. The van der Waals surface area contributed by atoms with Crippen LogP contribution in [0.15, 0.2) is 59.6 Å². The number of benzene rings is 2. The molecule has 0 N–H and O–H groups in total. The summed E-state index contributed by atoms with van der Waals surface area (Å²) in [6.45, 7) is 0.678. The Morgan fingerprint density at radius 3 is 2.15 bits per heavy atom. The molecule has 174 valence electrons. The van der Waals surface area contributed by atoms with Gasteiger partial charge in [-0.2, -0.15) is 4.31 Å². The van der Waals surface area contributed by atoms with Crippen molar-refractivity contribution in [2.75, 3.05) is 27.9 Å². The molecule has 10 nitrogen and oxygen atoms in total. The maximum atomic E-state index is 13.7. The zero-order valence-electron chi connectivity index (χ0n) is 18.3. The van der Waals surface area contributed by atoms with Gasteiger partial charge in [0.05, 0.1) is 37.2 Å². The summed E-state index contributed by atoms with van der Waals surface area (Å²) in [4.78, 5) is 10.4. The standard InChI is InChI=1S/C22H23N3O7S/c1-30-19-13-15(14-20(31-2)22(19)32-3)21-18-5-4-10-23(18)11-12-24(21)33(28,29)17-8-6-16(7-9-17)25(26)27/h4-10,13-14,21H,11-12H2,1-3H3/t21-/m1/s1. The number of nitro groups is 1. The molecule has 0 saturated carbocycles. The molecule has 0 saturated heterocycles. The second-order valence-electron chi connectivity index (χ2n) is 7.35. The molecule has 11 heteroatoms. The van der Waals surface area contributed by atoms with E-state index < -0.39 is 21.0 Å². The first-order valence-corrected chi connectivity index (χ1v) is 11.5. The first-order valence-electron chi connectivity index (χ1n) is 10.0. The molecule has 0 bridgehead atoms. The number of nitro benzene ring substituents is 1. The van der Waals surface area contributed by atoms with Crippen LogP contribution in [0.4, 0.5) is 5.69 Å². The van der Waals surface area contributed by atoms with Crippen LogP contribution in [0.2, 0.25) is 0 Å². The minimum Gasteiger partial charge on any atom is -0.493 e. The van der Waals surface area contributed by atoms with Crippen LogP contribution in [0.25, 0.3) is 0 Å². The molecule has 0 fully saturated rings. The van der Waals surface area contributed by atoms with Crippen molar-refractivity contribution in [2.24, 2.45) is 0 Å². The van der Waals surface area contributed by atoms with Crippen LogP contribution in [0.1, 0.15) is 17.3 Å². The van der Waals surface area contributed by atoms with Crippen LogP contribution in [0.5, 0.6) is 17.2 Å². The van der Waals surface area contributed by atoms with E-state index in [1.165, 1.54) is 49.9 Å². The second-order valence-corrected chi connectivity index (χ2v) is 9.24. The van der Waals surface area contributed by atoms with Crippen LogP contribution >= 0.6 is 0 Å². The van der Waals surface area contributed by atoms with Gasteiger partial charge in [0.25, 0.3) is 5.69 Å². The predicted molar refractivity (Wildman–Crippen MR) is 119 cm³/mol. The summed E-state index contributed by atoms with van der Waals surface area (Å²) in [5.74, 6) is 1.21. The van der Waals surface area contributed by atoms with Crippen LogP contribution in [-0.4, -0.2) is 50.1 Å². The fraction of sp³-hybridized carbons (Fsp3) is 0.273. The molecule has 2 heterocycles. The van der Waals surface area contributed by atoms with Crippen molar-refractivity contribution in [3.8, 4) is 17.2 Å². The number of nitrogens with zero attached hydrogens (tertiary/aromatic N) is 3. The first kappa shape index (κ1) is 22.6. The number of hydrogen-bond donors (Lipinski definition) is 0. The zero-order valence-corrected chi connectivity index (χ0v) is 19.1. The molecular formula is C22H23N3O7S. The van der Waals surface area contributed by atoms with Gasteiger partial charge in [-0.25, -0.2) is 8.42 Å². The molecule has 1 aromatic heterocycles. The Labute approximate surface area is 191 Å². The SMILES string of the molecule is COc1cc([C@@H]2c3cccn3CCN2S(=O)(=O)c2ccc([N+](=O)[O-])cc2)cc(OC)c1OC. The Bertz CT molecular complexity index is 1260. The van der Waals surface area contributed by atoms with E-state index in [1.54, 1.807) is 12.1 Å². The van der Waals surface area contributed by atoms with Crippen LogP contribution < -0.4 is 14.2 Å². The molecule has 1 atom stereocenters. The topological polar surface area (TPSA) is 113 Å². The number of sulfonamides is 1. The summed E-state index contributed by atoms with van der Waals surface area (Å²) in [6.07, 6.45) is 1.90.